The minimum absolute atomic E-state index is 0.0178. The molecule has 29 heavy (non-hydrogen) atoms. The van der Waals surface area contributed by atoms with Gasteiger partial charge in [-0.1, -0.05) is 0 Å². The lowest BCUT2D eigenvalue weighted by Crippen LogP contribution is -2.69. The van der Waals surface area contributed by atoms with Crippen molar-refractivity contribution in [2.24, 2.45) is 0 Å². The van der Waals surface area contributed by atoms with E-state index in [1.807, 2.05) is 0 Å². The maximum absolute atomic E-state index is 13.4. The molecular weight excluding hydrogens is 408 g/mol. The molecule has 1 aromatic rings. The maximum atomic E-state index is 13.4. The normalized spacial score (nSPS) is 25.0. The lowest BCUT2D eigenvalue weighted by atomic mass is 9.93. The summed E-state index contributed by atoms with van der Waals surface area (Å²) in [6.45, 7) is -0.346. The highest BCUT2D eigenvalue weighted by atomic mass is 19.4. The number of ether oxygens (including phenoxy) is 1. The van der Waals surface area contributed by atoms with Gasteiger partial charge in [-0.05, 0) is 13.0 Å². The molecule has 3 rings (SSSR count). The molecule has 1 aromatic heterocycles. The third-order valence-electron chi connectivity index (χ3n) is 4.86. The zero-order valence-electron chi connectivity index (χ0n) is 15.3. The number of nitrogens with zero attached hydrogens (tertiary/aromatic N) is 2. The van der Waals surface area contributed by atoms with Gasteiger partial charge in [0.2, 0.25) is 0 Å². The van der Waals surface area contributed by atoms with Crippen molar-refractivity contribution in [2.45, 2.75) is 49.8 Å². The summed E-state index contributed by atoms with van der Waals surface area (Å²) in [5, 5.41) is 12.6. The first-order valence-corrected chi connectivity index (χ1v) is 8.80. The van der Waals surface area contributed by atoms with Gasteiger partial charge in [-0.3, -0.25) is 4.79 Å². The number of rotatable bonds is 4. The number of Topliss-reactive ketones (excluding diaryl/α,β-unsaturated/α-hetero) is 1. The van der Waals surface area contributed by atoms with Crippen LogP contribution in [0, 0.1) is 0 Å². The quantitative estimate of drug-likeness (QED) is 0.719. The number of aliphatic hydroxyl groups is 1. The molecule has 6 nitrogen and oxygen atoms in total. The summed E-state index contributed by atoms with van der Waals surface area (Å²) in [7, 11) is 0. The molecule has 2 saturated heterocycles. The van der Waals surface area contributed by atoms with E-state index in [-0.39, 0.29) is 36.6 Å². The molecule has 0 amide bonds. The molecule has 0 radical (unpaired) electrons. The molecule has 0 aliphatic carbocycles. The van der Waals surface area contributed by atoms with Crippen LogP contribution < -0.4 is 15.0 Å². The fraction of sp³-hybridized carbons (Fsp3) is 0.647. The lowest BCUT2D eigenvalue weighted by Gasteiger charge is -2.48. The molecule has 162 valence electrons. The van der Waals surface area contributed by atoms with E-state index >= 15 is 0 Å². The van der Waals surface area contributed by atoms with Crippen molar-refractivity contribution < 1.29 is 41.0 Å². The second-order valence-electron chi connectivity index (χ2n) is 7.45. The fourth-order valence-electron chi connectivity index (χ4n) is 3.42. The van der Waals surface area contributed by atoms with Gasteiger partial charge in [-0.15, -0.1) is 0 Å². The van der Waals surface area contributed by atoms with Crippen LogP contribution in [-0.4, -0.2) is 59.4 Å². The first-order chi connectivity index (χ1) is 13.3. The Balaban J connectivity index is 1.73. The van der Waals surface area contributed by atoms with Crippen LogP contribution in [0.25, 0.3) is 0 Å². The van der Waals surface area contributed by atoms with Crippen LogP contribution in [-0.2, 0) is 11.0 Å². The summed E-state index contributed by atoms with van der Waals surface area (Å²) in [4.78, 5) is 15.9. The molecule has 2 aliphatic rings. The monoisotopic (exact) mass is 427 g/mol. The highest BCUT2D eigenvalue weighted by molar-refractivity contribution is 5.80. The highest BCUT2D eigenvalue weighted by Gasteiger charge is 2.62. The van der Waals surface area contributed by atoms with Crippen molar-refractivity contribution in [3.8, 4) is 5.75 Å². The summed E-state index contributed by atoms with van der Waals surface area (Å²) in [5.41, 5.74) is -4.33. The van der Waals surface area contributed by atoms with Crippen molar-refractivity contribution in [3.63, 3.8) is 0 Å². The average molecular weight is 427 g/mol. The molecule has 0 spiro atoms. The number of alkyl halides is 6. The number of β-amino-alcohol motifs (C(OH)–C–C–N with tert-alkyl or cyclic N) is 1. The van der Waals surface area contributed by atoms with Crippen LogP contribution in [0.2, 0.25) is 0 Å². The van der Waals surface area contributed by atoms with E-state index in [1.54, 1.807) is 6.92 Å². The Bertz CT molecular complexity index is 777. The summed E-state index contributed by atoms with van der Waals surface area (Å²) in [6.07, 6.45) is -8.31. The molecule has 2 atom stereocenters. The molecule has 12 heteroatoms. The minimum Gasteiger partial charge on any atom is -0.490 e. The zero-order valence-corrected chi connectivity index (χ0v) is 15.3. The van der Waals surface area contributed by atoms with E-state index < -0.39 is 42.4 Å². The Morgan fingerprint density at radius 1 is 1.28 bits per heavy atom. The van der Waals surface area contributed by atoms with Crippen molar-refractivity contribution in [1.29, 1.82) is 0 Å². The minimum atomic E-state index is -4.95. The number of piperidine rings is 1. The van der Waals surface area contributed by atoms with Crippen LogP contribution >= 0.6 is 0 Å². The SMILES string of the molecule is C[C@H]1CC(=O)C[C@@H](COc2cnc(N3CC(O)(C(F)(F)F)C3)c(C(F)(F)F)c2)N1. The number of hydrogen-bond donors (Lipinski definition) is 2. The Morgan fingerprint density at radius 3 is 2.48 bits per heavy atom. The number of aromatic nitrogens is 1. The number of anilines is 1. The number of halogens is 6. The average Bonchev–Trinajstić information content (AvgIpc) is 2.54. The van der Waals surface area contributed by atoms with Crippen molar-refractivity contribution in [2.75, 3.05) is 24.6 Å². The van der Waals surface area contributed by atoms with Gasteiger partial charge in [-0.25, -0.2) is 4.98 Å². The predicted molar refractivity (Wildman–Crippen MR) is 88.6 cm³/mol. The maximum Gasteiger partial charge on any atom is 0.420 e. The second-order valence-corrected chi connectivity index (χ2v) is 7.45. The second kappa shape index (κ2) is 7.31. The Labute approximate surface area is 161 Å². The first kappa shape index (κ1) is 21.6. The van der Waals surface area contributed by atoms with E-state index in [9.17, 15) is 36.2 Å². The van der Waals surface area contributed by atoms with Gasteiger partial charge in [0, 0.05) is 24.9 Å². The summed E-state index contributed by atoms with van der Waals surface area (Å²) < 4.78 is 83.8. The molecule has 3 heterocycles. The van der Waals surface area contributed by atoms with Gasteiger partial charge in [0.25, 0.3) is 0 Å². The number of pyridine rings is 1. The molecular formula is C17H19F6N3O3. The predicted octanol–water partition coefficient (Wildman–Crippen LogP) is 2.30. The molecule has 2 fully saturated rings. The Hall–Kier alpha value is -2.08. The van der Waals surface area contributed by atoms with Gasteiger partial charge in [0.1, 0.15) is 29.5 Å². The number of nitrogens with one attached hydrogen (secondary N) is 1. The van der Waals surface area contributed by atoms with Crippen LogP contribution in [0.5, 0.6) is 5.75 Å². The number of carbonyl (C=O) groups is 1. The smallest absolute Gasteiger partial charge is 0.420 e. The summed E-state index contributed by atoms with van der Waals surface area (Å²) in [6, 6.07) is 0.216. The van der Waals surface area contributed by atoms with Gasteiger partial charge in [-0.2, -0.15) is 26.3 Å². The number of ketones is 1. The number of hydrogen-bond acceptors (Lipinski definition) is 6. The fourth-order valence-corrected chi connectivity index (χ4v) is 3.42. The molecule has 2 N–H and O–H groups in total. The zero-order chi connectivity index (χ0) is 21.6. The van der Waals surface area contributed by atoms with Gasteiger partial charge in [0.15, 0.2) is 5.60 Å². The van der Waals surface area contributed by atoms with Crippen LogP contribution in [0.4, 0.5) is 32.2 Å². The van der Waals surface area contributed by atoms with E-state index in [2.05, 4.69) is 10.3 Å². The molecule has 0 aromatic carbocycles. The highest BCUT2D eigenvalue weighted by Crippen LogP contribution is 2.44. The van der Waals surface area contributed by atoms with Crippen molar-refractivity contribution in [3.05, 3.63) is 17.8 Å². The Morgan fingerprint density at radius 2 is 1.93 bits per heavy atom. The summed E-state index contributed by atoms with van der Waals surface area (Å²) in [5.74, 6) is -0.914. The van der Waals surface area contributed by atoms with Crippen LogP contribution in [0.1, 0.15) is 25.3 Å². The summed E-state index contributed by atoms with van der Waals surface area (Å²) >= 11 is 0. The van der Waals surface area contributed by atoms with Crippen molar-refractivity contribution >= 4 is 11.6 Å². The molecule has 0 saturated carbocycles. The van der Waals surface area contributed by atoms with E-state index in [0.717, 1.165) is 6.20 Å². The van der Waals surface area contributed by atoms with Crippen molar-refractivity contribution in [1.82, 2.24) is 10.3 Å². The Kier molecular flexibility index (Phi) is 5.45. The molecule has 0 unspecified atom stereocenters. The van der Waals surface area contributed by atoms with E-state index in [4.69, 9.17) is 4.74 Å². The standard InChI is InChI=1S/C17H19F6N3O3/c1-9-2-11(27)3-10(25-9)6-29-12-4-13(16(18,19)20)14(24-5-12)26-7-15(28,8-26)17(21,22)23/h4-5,9-10,25,28H,2-3,6-8H2,1H3/t9-,10-/m0/s1. The van der Waals surface area contributed by atoms with Crippen LogP contribution in [0.15, 0.2) is 12.3 Å². The third kappa shape index (κ3) is 4.58. The van der Waals surface area contributed by atoms with Crippen LogP contribution in [0.3, 0.4) is 0 Å². The van der Waals surface area contributed by atoms with Gasteiger partial charge in [0.05, 0.1) is 19.3 Å². The topological polar surface area (TPSA) is 74.7 Å². The van der Waals surface area contributed by atoms with E-state index in [1.165, 1.54) is 0 Å². The first-order valence-electron chi connectivity index (χ1n) is 8.80. The number of carbonyl (C=O) groups excluding carboxylic acids is 1. The van der Waals surface area contributed by atoms with Gasteiger partial charge >= 0.3 is 12.4 Å². The van der Waals surface area contributed by atoms with Gasteiger partial charge < -0.3 is 20.1 Å². The molecule has 0 bridgehead atoms. The lowest BCUT2D eigenvalue weighted by molar-refractivity contribution is -0.267. The third-order valence-corrected chi connectivity index (χ3v) is 4.86. The largest absolute Gasteiger partial charge is 0.490 e. The molecule has 2 aliphatic heterocycles. The van der Waals surface area contributed by atoms with E-state index in [0.29, 0.717) is 17.4 Å².